The molecular weight excluding hydrogens is 566 g/mol. The summed E-state index contributed by atoms with van der Waals surface area (Å²) in [5, 5.41) is 11.8. The number of non-ortho nitro benzene ring substituents is 1. The lowest BCUT2D eigenvalue weighted by Gasteiger charge is -2.22. The second-order valence-electron chi connectivity index (χ2n) is 8.04. The normalized spacial score (nSPS) is 14.6. The van der Waals surface area contributed by atoms with Gasteiger partial charge in [-0.25, -0.2) is 9.78 Å². The summed E-state index contributed by atoms with van der Waals surface area (Å²) in [5.74, 6) is -1.49. The van der Waals surface area contributed by atoms with Gasteiger partial charge in [-0.2, -0.15) is 0 Å². The summed E-state index contributed by atoms with van der Waals surface area (Å²) in [6.45, 7) is 5.11. The van der Waals surface area contributed by atoms with E-state index in [1.54, 1.807) is 31.2 Å². The summed E-state index contributed by atoms with van der Waals surface area (Å²) in [6, 6.07) is 9.41. The average Bonchev–Trinajstić information content (AvgIpc) is 3.40. The summed E-state index contributed by atoms with van der Waals surface area (Å²) >= 11 is 4.26. The van der Waals surface area contributed by atoms with Gasteiger partial charge in [0.25, 0.3) is 11.6 Å². The second-order valence-corrected chi connectivity index (χ2v) is 9.94. The highest BCUT2D eigenvalue weighted by Crippen LogP contribution is 2.43. The van der Waals surface area contributed by atoms with E-state index in [-0.39, 0.29) is 44.6 Å². The summed E-state index contributed by atoms with van der Waals surface area (Å²) in [4.78, 5) is 56.7. The Morgan fingerprint density at radius 2 is 2.11 bits per heavy atom. The molecule has 1 aliphatic heterocycles. The van der Waals surface area contributed by atoms with Crippen molar-refractivity contribution in [3.8, 4) is 0 Å². The number of rotatable bonds is 6. The fourth-order valence-corrected chi connectivity index (χ4v) is 5.49. The molecule has 2 aromatic heterocycles. The van der Waals surface area contributed by atoms with Gasteiger partial charge in [0.2, 0.25) is 5.76 Å². The molecule has 1 unspecified atom stereocenters. The van der Waals surface area contributed by atoms with Gasteiger partial charge in [-0.1, -0.05) is 52.1 Å². The highest BCUT2D eigenvalue weighted by Gasteiger charge is 2.45. The molecule has 0 spiro atoms. The quantitative estimate of drug-likeness (QED) is 0.129. The fraction of sp³-hybridized carbons (Fsp3) is 0.120. The number of esters is 1. The van der Waals surface area contributed by atoms with Crippen LogP contribution in [0.5, 0.6) is 0 Å². The number of halogens is 1. The minimum absolute atomic E-state index is 0.00350. The third-order valence-electron chi connectivity index (χ3n) is 5.74. The highest BCUT2D eigenvalue weighted by molar-refractivity contribution is 9.10. The van der Waals surface area contributed by atoms with E-state index in [0.717, 1.165) is 11.3 Å². The van der Waals surface area contributed by atoms with Crippen LogP contribution in [0.15, 0.2) is 68.8 Å². The fourth-order valence-electron chi connectivity index (χ4n) is 4.14. The Bertz CT molecular complexity index is 1690. The molecule has 2 aromatic carbocycles. The van der Waals surface area contributed by atoms with E-state index in [4.69, 9.17) is 9.15 Å². The topological polar surface area (TPSA) is 133 Å². The zero-order chi connectivity index (χ0) is 26.4. The molecule has 37 heavy (non-hydrogen) atoms. The first-order valence-electron chi connectivity index (χ1n) is 10.8. The lowest BCUT2D eigenvalue weighted by Crippen LogP contribution is -2.29. The van der Waals surface area contributed by atoms with Crippen molar-refractivity contribution in [2.45, 2.75) is 13.0 Å². The number of anilines is 1. The van der Waals surface area contributed by atoms with Crippen molar-refractivity contribution in [1.29, 1.82) is 0 Å². The standard InChI is InChI=1S/C25H16BrN3O7S/c1-3-9-35-24(32)22-12(2)27-25(37-22)28-19(13-5-4-6-15(10-13)29(33)34)18-20(30)16-11-14(26)7-8-17(16)36-21(18)23(28)31/h3-8,10-11,19H,1,9H2,2H3. The lowest BCUT2D eigenvalue weighted by atomic mass is 9.98. The first-order chi connectivity index (χ1) is 17.7. The smallest absolute Gasteiger partial charge is 0.350 e. The van der Waals surface area contributed by atoms with E-state index in [1.807, 2.05) is 0 Å². The molecule has 0 saturated carbocycles. The van der Waals surface area contributed by atoms with Gasteiger partial charge in [-0.05, 0) is 30.7 Å². The lowest BCUT2D eigenvalue weighted by molar-refractivity contribution is -0.384. The third kappa shape index (κ3) is 4.13. The van der Waals surface area contributed by atoms with Crippen molar-refractivity contribution >= 4 is 60.9 Å². The molecule has 0 aliphatic carbocycles. The van der Waals surface area contributed by atoms with Crippen LogP contribution in [-0.4, -0.2) is 28.4 Å². The van der Waals surface area contributed by atoms with Crippen LogP contribution in [0.1, 0.15) is 43.1 Å². The van der Waals surface area contributed by atoms with E-state index in [9.17, 15) is 24.5 Å². The minimum atomic E-state index is -1.08. The first-order valence-corrected chi connectivity index (χ1v) is 12.4. The molecule has 1 atom stereocenters. The predicted octanol–water partition coefficient (Wildman–Crippen LogP) is 5.32. The Morgan fingerprint density at radius 3 is 2.84 bits per heavy atom. The molecule has 4 aromatic rings. The monoisotopic (exact) mass is 581 g/mol. The largest absolute Gasteiger partial charge is 0.457 e. The minimum Gasteiger partial charge on any atom is -0.457 e. The molecule has 1 aliphatic rings. The molecule has 0 fully saturated rings. The van der Waals surface area contributed by atoms with Gasteiger partial charge >= 0.3 is 5.97 Å². The van der Waals surface area contributed by atoms with Gasteiger partial charge in [-0.3, -0.25) is 24.6 Å². The van der Waals surface area contributed by atoms with E-state index >= 15 is 0 Å². The number of aromatic nitrogens is 1. The number of aryl methyl sites for hydroxylation is 1. The van der Waals surface area contributed by atoms with Crippen molar-refractivity contribution in [2.75, 3.05) is 11.5 Å². The Morgan fingerprint density at radius 1 is 1.32 bits per heavy atom. The SMILES string of the molecule is C=CCOC(=O)c1sc(N2C(=O)c3oc4ccc(Br)cc4c(=O)c3C2c2cccc([N+](=O)[O-])c2)nc1C. The average molecular weight is 582 g/mol. The van der Waals surface area contributed by atoms with E-state index in [2.05, 4.69) is 27.5 Å². The molecule has 186 valence electrons. The Balaban J connectivity index is 1.74. The van der Waals surface area contributed by atoms with Gasteiger partial charge in [0, 0.05) is 16.6 Å². The number of nitrogens with zero attached hydrogens (tertiary/aromatic N) is 3. The zero-order valence-corrected chi connectivity index (χ0v) is 21.5. The molecule has 0 radical (unpaired) electrons. The summed E-state index contributed by atoms with van der Waals surface area (Å²) in [6.07, 6.45) is 1.43. The second kappa shape index (κ2) is 9.37. The van der Waals surface area contributed by atoms with Crippen LogP contribution in [0.3, 0.4) is 0 Å². The van der Waals surface area contributed by atoms with Gasteiger partial charge in [0.05, 0.1) is 27.6 Å². The van der Waals surface area contributed by atoms with Crippen molar-refractivity contribution in [3.63, 3.8) is 0 Å². The van der Waals surface area contributed by atoms with Crippen molar-refractivity contribution in [2.24, 2.45) is 0 Å². The number of amides is 1. The number of fused-ring (bicyclic) bond motifs is 2. The first kappa shape index (κ1) is 24.5. The third-order valence-corrected chi connectivity index (χ3v) is 7.37. The van der Waals surface area contributed by atoms with Crippen LogP contribution in [-0.2, 0) is 4.74 Å². The number of hydrogen-bond acceptors (Lipinski definition) is 9. The van der Waals surface area contributed by atoms with Crippen molar-refractivity contribution < 1.29 is 23.7 Å². The number of nitro groups is 1. The number of nitro benzene ring substituents is 1. The number of benzene rings is 2. The van der Waals surface area contributed by atoms with Crippen molar-refractivity contribution in [3.05, 3.63) is 107 Å². The summed E-state index contributed by atoms with van der Waals surface area (Å²) < 4.78 is 11.7. The van der Waals surface area contributed by atoms with Crippen LogP contribution in [0.4, 0.5) is 10.8 Å². The molecule has 0 bridgehead atoms. The summed E-state index contributed by atoms with van der Waals surface area (Å²) in [5.41, 5.74) is 0.207. The number of hydrogen-bond donors (Lipinski definition) is 0. The molecule has 1 amide bonds. The van der Waals surface area contributed by atoms with E-state index < -0.39 is 28.3 Å². The number of ether oxygens (including phenoxy) is 1. The van der Waals surface area contributed by atoms with Crippen LogP contribution in [0.25, 0.3) is 11.0 Å². The van der Waals surface area contributed by atoms with Crippen LogP contribution >= 0.6 is 27.3 Å². The molecule has 12 heteroatoms. The number of carbonyl (C=O) groups excluding carboxylic acids is 2. The zero-order valence-electron chi connectivity index (χ0n) is 19.1. The van der Waals surface area contributed by atoms with Gasteiger partial charge < -0.3 is 9.15 Å². The maximum atomic E-state index is 13.7. The van der Waals surface area contributed by atoms with Crippen molar-refractivity contribution in [1.82, 2.24) is 4.98 Å². The number of thiazole rings is 1. The molecule has 0 N–H and O–H groups in total. The Labute approximate surface area is 221 Å². The maximum absolute atomic E-state index is 13.7. The van der Waals surface area contributed by atoms with Gasteiger partial charge in [-0.15, -0.1) is 0 Å². The Kier molecular flexibility index (Phi) is 6.21. The predicted molar refractivity (Wildman–Crippen MR) is 139 cm³/mol. The van der Waals surface area contributed by atoms with Gasteiger partial charge in [0.1, 0.15) is 17.1 Å². The molecular formula is C25H16BrN3O7S. The molecule has 3 heterocycles. The van der Waals surface area contributed by atoms with Crippen LogP contribution in [0.2, 0.25) is 0 Å². The number of carbonyl (C=O) groups is 2. The molecule has 5 rings (SSSR count). The highest BCUT2D eigenvalue weighted by atomic mass is 79.9. The van der Waals surface area contributed by atoms with Crippen LogP contribution < -0.4 is 10.3 Å². The summed E-state index contributed by atoms with van der Waals surface area (Å²) in [7, 11) is 0. The molecule has 10 nitrogen and oxygen atoms in total. The molecule has 0 saturated heterocycles. The van der Waals surface area contributed by atoms with E-state index in [1.165, 1.54) is 29.2 Å². The van der Waals surface area contributed by atoms with Crippen LogP contribution in [0, 0.1) is 17.0 Å². The maximum Gasteiger partial charge on any atom is 0.350 e. The van der Waals surface area contributed by atoms with Gasteiger partial charge in [0.15, 0.2) is 10.6 Å². The Hall–Kier alpha value is -4.16. The van der Waals surface area contributed by atoms with E-state index in [0.29, 0.717) is 15.7 Å².